The first kappa shape index (κ1) is 29.8. The van der Waals surface area contributed by atoms with Crippen LogP contribution in [0.15, 0.2) is 23.3 Å². The third kappa shape index (κ3) is 5.21. The molecule has 0 aromatic carbocycles. The molecule has 0 spiro atoms. The molecule has 6 atom stereocenters. The van der Waals surface area contributed by atoms with Crippen molar-refractivity contribution in [2.24, 2.45) is 34.5 Å². The average Bonchev–Trinajstić information content (AvgIpc) is 3.17. The summed E-state index contributed by atoms with van der Waals surface area (Å²) in [5, 5.41) is 0. The van der Waals surface area contributed by atoms with Crippen LogP contribution in [0.2, 0.25) is 0 Å². The van der Waals surface area contributed by atoms with E-state index in [0.717, 1.165) is 5.57 Å². The molecule has 0 unspecified atom stereocenters. The second-order valence-electron chi connectivity index (χ2n) is 12.0. The third-order valence-electron chi connectivity index (χ3n) is 10.00. The Labute approximate surface area is 221 Å². The number of hydrogen-bond donors (Lipinski definition) is 0. The number of methoxy groups -OCH3 is 1. The van der Waals surface area contributed by atoms with Crippen molar-refractivity contribution in [1.82, 2.24) is 4.90 Å². The lowest BCUT2D eigenvalue weighted by molar-refractivity contribution is -0.288. The number of alkyl halides is 8. The first-order valence-electron chi connectivity index (χ1n) is 13.1. The van der Waals surface area contributed by atoms with Crippen molar-refractivity contribution in [3.63, 3.8) is 0 Å². The zero-order valence-corrected chi connectivity index (χ0v) is 22.0. The number of amides is 1. The maximum Gasteiger partial charge on any atom is 0.455 e. The van der Waals surface area contributed by atoms with Gasteiger partial charge >= 0.3 is 24.2 Å². The van der Waals surface area contributed by atoms with Crippen molar-refractivity contribution in [1.29, 1.82) is 0 Å². The van der Waals surface area contributed by atoms with Gasteiger partial charge in [0, 0.05) is 11.5 Å². The lowest BCUT2D eigenvalue weighted by atomic mass is 9.48. The predicted molar refractivity (Wildman–Crippen MR) is 124 cm³/mol. The zero-order chi connectivity index (χ0) is 29.2. The number of rotatable bonds is 5. The smallest absolute Gasteiger partial charge is 0.455 e. The van der Waals surface area contributed by atoms with Crippen LogP contribution >= 0.6 is 0 Å². The number of nitrogens with zero attached hydrogens (tertiary/aromatic N) is 1. The highest BCUT2D eigenvalue weighted by molar-refractivity contribution is 5.89. The molecule has 0 N–H and O–H groups in total. The molecular weight excluding hydrogens is 538 g/mol. The molecule has 0 aliphatic heterocycles. The highest BCUT2D eigenvalue weighted by atomic mass is 19.4. The third-order valence-corrected chi connectivity index (χ3v) is 10.00. The molecular formula is C27H33F8NO3. The number of allylic oxidation sites excluding steroid dienone is 3. The molecule has 0 aromatic rings. The second-order valence-corrected chi connectivity index (χ2v) is 12.0. The molecule has 220 valence electrons. The van der Waals surface area contributed by atoms with Crippen LogP contribution in [-0.2, 0) is 14.3 Å². The number of ether oxygens (including phenoxy) is 1. The number of hydrogen-bond acceptors (Lipinski definition) is 3. The first-order valence-corrected chi connectivity index (χ1v) is 13.1. The first-order chi connectivity index (χ1) is 17.8. The van der Waals surface area contributed by atoms with E-state index in [1.54, 1.807) is 6.92 Å². The van der Waals surface area contributed by atoms with E-state index in [1.807, 2.05) is 6.08 Å². The van der Waals surface area contributed by atoms with Crippen LogP contribution < -0.4 is 0 Å². The van der Waals surface area contributed by atoms with Gasteiger partial charge in [0.05, 0.1) is 13.7 Å². The molecule has 0 saturated heterocycles. The van der Waals surface area contributed by atoms with E-state index in [1.165, 1.54) is 7.11 Å². The molecule has 1 amide bonds. The van der Waals surface area contributed by atoms with Crippen LogP contribution in [0.1, 0.15) is 58.8 Å². The summed E-state index contributed by atoms with van der Waals surface area (Å²) in [6.45, 7) is -0.628. The minimum atomic E-state index is -6.08. The Hall–Kier alpha value is -2.14. The maximum atomic E-state index is 13.8. The molecule has 12 heteroatoms. The normalized spacial score (nSPS) is 34.7. The molecule has 0 aromatic heterocycles. The molecule has 0 bridgehead atoms. The predicted octanol–water partition coefficient (Wildman–Crippen LogP) is 6.86. The fourth-order valence-corrected chi connectivity index (χ4v) is 8.00. The highest BCUT2D eigenvalue weighted by Crippen LogP contribution is 2.66. The largest absolute Gasteiger partial charge is 0.466 e. The molecule has 2 fully saturated rings. The Morgan fingerprint density at radius 1 is 0.974 bits per heavy atom. The Kier molecular flexibility index (Phi) is 7.46. The quantitative estimate of drug-likeness (QED) is 0.268. The minimum absolute atomic E-state index is 0.0797. The van der Waals surface area contributed by atoms with Crippen LogP contribution in [0.4, 0.5) is 35.1 Å². The van der Waals surface area contributed by atoms with Gasteiger partial charge in [0.25, 0.3) is 0 Å². The van der Waals surface area contributed by atoms with Crippen LogP contribution in [-0.4, -0.2) is 55.3 Å². The van der Waals surface area contributed by atoms with E-state index < -0.39 is 48.6 Å². The van der Waals surface area contributed by atoms with Crippen LogP contribution in [0, 0.1) is 34.5 Å². The summed E-state index contributed by atoms with van der Waals surface area (Å²) in [6, 6.07) is 0. The van der Waals surface area contributed by atoms with E-state index in [9.17, 15) is 44.7 Å². The zero-order valence-electron chi connectivity index (χ0n) is 22.0. The summed E-state index contributed by atoms with van der Waals surface area (Å²) >= 11 is 0. The lowest BCUT2D eigenvalue weighted by Gasteiger charge is -2.57. The van der Waals surface area contributed by atoms with E-state index in [2.05, 4.69) is 13.0 Å². The van der Waals surface area contributed by atoms with Gasteiger partial charge in [-0.3, -0.25) is 4.79 Å². The molecule has 4 aliphatic carbocycles. The Bertz CT molecular complexity index is 1060. The van der Waals surface area contributed by atoms with Crippen molar-refractivity contribution < 1.29 is 49.4 Å². The van der Waals surface area contributed by atoms with Gasteiger partial charge in [0.2, 0.25) is 5.91 Å². The van der Waals surface area contributed by atoms with E-state index >= 15 is 0 Å². The minimum Gasteiger partial charge on any atom is -0.466 e. The standard InChI is InChI=1S/C27H33F8NO3/c1-23-10-8-15(22(38)39-3)12-16(23)4-5-17-18-6-7-20(24(18,2)11-9-19(17)23)21(37)36(14-26(30,31)32)13-25(28,29)27(33,34)35/h4,12,17-20H,5-11,13-14H2,1-3H3/t17-,18-,19-,20+,23-,24-/m0/s1. The van der Waals surface area contributed by atoms with Crippen molar-refractivity contribution in [3.8, 4) is 0 Å². The molecule has 4 aliphatic rings. The SMILES string of the molecule is COC(=O)C1=CC2=CC[C@H]3[C@@H]4CC[C@H](C(=O)N(CC(F)(F)F)CC(F)(F)C(F)(F)F)[C@@]4(C)CC[C@@H]3[C@@]2(C)CC1. The molecule has 4 nitrogen and oxygen atoms in total. The fraction of sp³-hybridized carbons (Fsp3) is 0.778. The number of fused-ring (bicyclic) bond motifs is 5. The Morgan fingerprint density at radius 3 is 2.23 bits per heavy atom. The number of carbonyl (C=O) groups excluding carboxylic acids is 2. The van der Waals surface area contributed by atoms with E-state index in [0.29, 0.717) is 44.1 Å². The summed E-state index contributed by atoms with van der Waals surface area (Å²) in [4.78, 5) is 25.1. The number of esters is 1. The summed E-state index contributed by atoms with van der Waals surface area (Å²) in [5.41, 5.74) is 0.558. The van der Waals surface area contributed by atoms with Gasteiger partial charge in [0.15, 0.2) is 0 Å². The van der Waals surface area contributed by atoms with Gasteiger partial charge in [-0.1, -0.05) is 19.9 Å². The Morgan fingerprint density at radius 2 is 1.64 bits per heavy atom. The van der Waals surface area contributed by atoms with Crippen molar-refractivity contribution in [2.45, 2.75) is 77.1 Å². The Balaban J connectivity index is 1.59. The van der Waals surface area contributed by atoms with Gasteiger partial charge < -0.3 is 9.64 Å². The number of halogens is 8. The lowest BCUT2D eigenvalue weighted by Crippen LogP contribution is -2.55. The molecule has 0 radical (unpaired) electrons. The monoisotopic (exact) mass is 571 g/mol. The van der Waals surface area contributed by atoms with Gasteiger partial charge in [-0.05, 0) is 85.2 Å². The van der Waals surface area contributed by atoms with E-state index in [-0.39, 0.29) is 40.5 Å². The summed E-state index contributed by atoms with van der Waals surface area (Å²) < 4.78 is 111. The van der Waals surface area contributed by atoms with Gasteiger partial charge in [-0.25, -0.2) is 4.79 Å². The van der Waals surface area contributed by atoms with Crippen molar-refractivity contribution >= 4 is 11.9 Å². The molecule has 0 heterocycles. The summed E-state index contributed by atoms with van der Waals surface area (Å²) in [5.74, 6) is -8.06. The van der Waals surface area contributed by atoms with Crippen LogP contribution in [0.3, 0.4) is 0 Å². The topological polar surface area (TPSA) is 46.6 Å². The fourth-order valence-electron chi connectivity index (χ4n) is 8.00. The molecule has 2 saturated carbocycles. The van der Waals surface area contributed by atoms with Crippen molar-refractivity contribution in [2.75, 3.05) is 20.2 Å². The summed E-state index contributed by atoms with van der Waals surface area (Å²) in [7, 11) is 1.32. The van der Waals surface area contributed by atoms with Crippen LogP contribution in [0.5, 0.6) is 0 Å². The van der Waals surface area contributed by atoms with Crippen molar-refractivity contribution in [3.05, 3.63) is 23.3 Å². The average molecular weight is 572 g/mol. The molecule has 39 heavy (non-hydrogen) atoms. The maximum absolute atomic E-state index is 13.8. The molecule has 4 rings (SSSR count). The van der Waals surface area contributed by atoms with Gasteiger partial charge in [-0.2, -0.15) is 35.1 Å². The van der Waals surface area contributed by atoms with Gasteiger partial charge in [-0.15, -0.1) is 0 Å². The second kappa shape index (κ2) is 9.75. The van der Waals surface area contributed by atoms with Crippen LogP contribution in [0.25, 0.3) is 0 Å². The van der Waals surface area contributed by atoms with Gasteiger partial charge in [0.1, 0.15) is 6.54 Å². The summed E-state index contributed by atoms with van der Waals surface area (Å²) in [6.07, 6.45) is -3.73. The number of carbonyl (C=O) groups is 2. The van der Waals surface area contributed by atoms with E-state index in [4.69, 9.17) is 4.74 Å². The highest BCUT2D eigenvalue weighted by Gasteiger charge is 2.63.